The first-order valence-electron chi connectivity index (χ1n) is 8.08. The fourth-order valence-electron chi connectivity index (χ4n) is 2.14. The van der Waals surface area contributed by atoms with Gasteiger partial charge in [0.1, 0.15) is 5.75 Å². The third-order valence-electron chi connectivity index (χ3n) is 3.60. The molecule has 8 heteroatoms. The highest BCUT2D eigenvalue weighted by molar-refractivity contribution is 9.10. The third kappa shape index (κ3) is 6.39. The monoisotopic (exact) mass is 442 g/mol. The van der Waals surface area contributed by atoms with Crippen molar-refractivity contribution in [1.82, 2.24) is 5.43 Å². The fourth-order valence-corrected chi connectivity index (χ4v) is 2.65. The van der Waals surface area contributed by atoms with Crippen LogP contribution in [0.2, 0.25) is 0 Å². The van der Waals surface area contributed by atoms with E-state index in [4.69, 9.17) is 4.74 Å². The van der Waals surface area contributed by atoms with Gasteiger partial charge in [0.25, 0.3) is 5.91 Å². The molecule has 0 radical (unpaired) electrons. The Morgan fingerprint density at radius 3 is 2.63 bits per heavy atom. The molecule has 0 fully saturated rings. The molecule has 0 bridgehead atoms. The summed E-state index contributed by atoms with van der Waals surface area (Å²) < 4.78 is 44.1. The number of nitrogens with zero attached hydrogens (tertiary/aromatic N) is 1. The highest BCUT2D eigenvalue weighted by Gasteiger charge is 2.30. The predicted octanol–water partition coefficient (Wildman–Crippen LogP) is 5.12. The van der Waals surface area contributed by atoms with E-state index in [-0.39, 0.29) is 12.2 Å². The van der Waals surface area contributed by atoms with Gasteiger partial charge in [-0.3, -0.25) is 4.79 Å². The SMILES string of the molecule is CC(C)c1ccc(OCC(=O)NN=Cc2cccc(C(F)(F)F)c2)c(Br)c1. The van der Waals surface area contributed by atoms with Crippen LogP contribution in [-0.4, -0.2) is 18.7 Å². The molecule has 0 saturated heterocycles. The molecule has 2 aromatic rings. The Labute approximate surface area is 163 Å². The van der Waals surface area contributed by atoms with E-state index in [1.54, 1.807) is 6.07 Å². The van der Waals surface area contributed by atoms with Crippen LogP contribution in [0.3, 0.4) is 0 Å². The lowest BCUT2D eigenvalue weighted by Crippen LogP contribution is -2.24. The quantitative estimate of drug-likeness (QED) is 0.498. The maximum absolute atomic E-state index is 12.6. The number of rotatable bonds is 6. The number of halogens is 4. The van der Waals surface area contributed by atoms with Crippen LogP contribution in [0.15, 0.2) is 52.0 Å². The molecule has 2 aromatic carbocycles. The van der Waals surface area contributed by atoms with Crippen molar-refractivity contribution < 1.29 is 22.7 Å². The molecular weight excluding hydrogens is 425 g/mol. The Kier molecular flexibility index (Phi) is 7.01. The standard InChI is InChI=1S/C19H18BrF3N2O2/c1-12(2)14-6-7-17(16(20)9-14)27-11-18(26)25-24-10-13-4-3-5-15(8-13)19(21,22)23/h3-10,12H,11H2,1-2H3,(H,25,26). The molecule has 27 heavy (non-hydrogen) atoms. The van der Waals surface area contributed by atoms with Crippen molar-refractivity contribution in [2.24, 2.45) is 5.10 Å². The van der Waals surface area contributed by atoms with E-state index in [2.05, 4.69) is 40.3 Å². The highest BCUT2D eigenvalue weighted by atomic mass is 79.9. The highest BCUT2D eigenvalue weighted by Crippen LogP contribution is 2.29. The first-order chi connectivity index (χ1) is 12.7. The van der Waals surface area contributed by atoms with Crippen molar-refractivity contribution in [2.45, 2.75) is 25.9 Å². The molecule has 0 aliphatic heterocycles. The van der Waals surface area contributed by atoms with E-state index >= 15 is 0 Å². The van der Waals surface area contributed by atoms with Crippen molar-refractivity contribution in [3.63, 3.8) is 0 Å². The zero-order chi connectivity index (χ0) is 20.0. The molecule has 0 aliphatic carbocycles. The van der Waals surface area contributed by atoms with Gasteiger partial charge in [0.2, 0.25) is 0 Å². The molecule has 4 nitrogen and oxygen atoms in total. The first-order valence-corrected chi connectivity index (χ1v) is 8.87. The molecule has 0 aliphatic rings. The number of carbonyl (C=O) groups is 1. The number of hydrogen-bond acceptors (Lipinski definition) is 3. The summed E-state index contributed by atoms with van der Waals surface area (Å²) in [4.78, 5) is 11.8. The van der Waals surface area contributed by atoms with Crippen molar-refractivity contribution in [3.05, 3.63) is 63.6 Å². The summed E-state index contributed by atoms with van der Waals surface area (Å²) in [5.74, 6) is 0.346. The van der Waals surface area contributed by atoms with Gasteiger partial charge in [-0.15, -0.1) is 0 Å². The predicted molar refractivity (Wildman–Crippen MR) is 101 cm³/mol. The smallest absolute Gasteiger partial charge is 0.416 e. The molecule has 2 rings (SSSR count). The Hall–Kier alpha value is -2.35. The molecule has 1 N–H and O–H groups in total. The summed E-state index contributed by atoms with van der Waals surface area (Å²) in [6.07, 6.45) is -3.29. The fraction of sp³-hybridized carbons (Fsp3) is 0.263. The topological polar surface area (TPSA) is 50.7 Å². The zero-order valence-electron chi connectivity index (χ0n) is 14.7. The van der Waals surface area contributed by atoms with E-state index in [9.17, 15) is 18.0 Å². The third-order valence-corrected chi connectivity index (χ3v) is 4.22. The second kappa shape index (κ2) is 9.03. The van der Waals surface area contributed by atoms with Crippen LogP contribution in [0.5, 0.6) is 5.75 Å². The number of alkyl halides is 3. The lowest BCUT2D eigenvalue weighted by molar-refractivity contribution is -0.137. The number of hydrazone groups is 1. The van der Waals surface area contributed by atoms with Gasteiger partial charge in [0.05, 0.1) is 16.3 Å². The van der Waals surface area contributed by atoms with Crippen LogP contribution in [0.4, 0.5) is 13.2 Å². The Morgan fingerprint density at radius 1 is 1.26 bits per heavy atom. The molecule has 0 spiro atoms. The lowest BCUT2D eigenvalue weighted by atomic mass is 10.0. The minimum Gasteiger partial charge on any atom is -0.483 e. The van der Waals surface area contributed by atoms with Crippen molar-refractivity contribution in [3.8, 4) is 5.75 Å². The number of nitrogens with one attached hydrogen (secondary N) is 1. The first kappa shape index (κ1) is 21.0. The minimum atomic E-state index is -4.43. The number of benzene rings is 2. The lowest BCUT2D eigenvalue weighted by Gasteiger charge is -2.10. The number of amides is 1. The van der Waals surface area contributed by atoms with Gasteiger partial charge >= 0.3 is 6.18 Å². The maximum atomic E-state index is 12.6. The Balaban J connectivity index is 1.89. The van der Waals surface area contributed by atoms with Gasteiger partial charge in [-0.1, -0.05) is 32.0 Å². The number of ether oxygens (including phenoxy) is 1. The largest absolute Gasteiger partial charge is 0.483 e. The van der Waals surface area contributed by atoms with Crippen LogP contribution < -0.4 is 10.2 Å². The van der Waals surface area contributed by atoms with Gasteiger partial charge in [-0.2, -0.15) is 18.3 Å². The van der Waals surface area contributed by atoms with Crippen LogP contribution >= 0.6 is 15.9 Å². The van der Waals surface area contributed by atoms with Crippen molar-refractivity contribution in [2.75, 3.05) is 6.61 Å². The summed E-state index contributed by atoms with van der Waals surface area (Å²) in [5.41, 5.74) is 2.79. The second-order valence-corrected chi connectivity index (χ2v) is 6.90. The van der Waals surface area contributed by atoms with E-state index in [0.717, 1.165) is 28.4 Å². The maximum Gasteiger partial charge on any atom is 0.416 e. The van der Waals surface area contributed by atoms with Gasteiger partial charge in [0.15, 0.2) is 6.61 Å². The van der Waals surface area contributed by atoms with Gasteiger partial charge < -0.3 is 4.74 Å². The van der Waals surface area contributed by atoms with Crippen molar-refractivity contribution >= 4 is 28.1 Å². The van der Waals surface area contributed by atoms with Crippen LogP contribution in [0.1, 0.15) is 36.5 Å². The molecule has 0 saturated carbocycles. The minimum absolute atomic E-state index is 0.220. The summed E-state index contributed by atoms with van der Waals surface area (Å²) >= 11 is 3.39. The molecule has 0 unspecified atom stereocenters. The van der Waals surface area contributed by atoms with E-state index in [0.29, 0.717) is 11.7 Å². The number of hydrogen-bond donors (Lipinski definition) is 1. The van der Waals surface area contributed by atoms with Gasteiger partial charge in [-0.25, -0.2) is 5.43 Å². The van der Waals surface area contributed by atoms with Crippen LogP contribution in [-0.2, 0) is 11.0 Å². The second-order valence-electron chi connectivity index (χ2n) is 6.05. The van der Waals surface area contributed by atoms with Gasteiger partial charge in [0, 0.05) is 0 Å². The van der Waals surface area contributed by atoms with E-state index < -0.39 is 17.6 Å². The summed E-state index contributed by atoms with van der Waals surface area (Å²) in [5, 5.41) is 3.65. The van der Waals surface area contributed by atoms with Crippen molar-refractivity contribution in [1.29, 1.82) is 0 Å². The average Bonchev–Trinajstić information content (AvgIpc) is 2.60. The average molecular weight is 443 g/mol. The van der Waals surface area contributed by atoms with E-state index in [1.807, 2.05) is 12.1 Å². The summed E-state index contributed by atoms with van der Waals surface area (Å²) in [6.45, 7) is 3.86. The molecule has 144 valence electrons. The molecule has 1 amide bonds. The normalized spacial score (nSPS) is 11.8. The van der Waals surface area contributed by atoms with Gasteiger partial charge in [-0.05, 0) is 57.2 Å². The summed E-state index contributed by atoms with van der Waals surface area (Å²) in [7, 11) is 0. The van der Waals surface area contributed by atoms with E-state index in [1.165, 1.54) is 12.1 Å². The molecule has 0 heterocycles. The zero-order valence-corrected chi connectivity index (χ0v) is 16.3. The Morgan fingerprint density at radius 2 is 2.00 bits per heavy atom. The Bertz CT molecular complexity index is 836. The molecular formula is C19H18BrF3N2O2. The van der Waals surface area contributed by atoms with Crippen LogP contribution in [0, 0.1) is 0 Å². The van der Waals surface area contributed by atoms with Crippen LogP contribution in [0.25, 0.3) is 0 Å². The summed E-state index contributed by atoms with van der Waals surface area (Å²) in [6, 6.07) is 10.2. The molecule has 0 atom stereocenters. The number of carbonyl (C=O) groups excluding carboxylic acids is 1. The molecule has 0 aromatic heterocycles.